The Morgan fingerprint density at radius 2 is 2.18 bits per heavy atom. The normalized spacial score (nSPS) is 29.1. The molecule has 2 N–H and O–H groups in total. The van der Waals surface area contributed by atoms with E-state index in [-0.39, 0.29) is 18.0 Å². The molecule has 2 heterocycles. The van der Waals surface area contributed by atoms with E-state index in [0.717, 1.165) is 31.6 Å². The summed E-state index contributed by atoms with van der Waals surface area (Å²) in [7, 11) is 1.88. The fourth-order valence-electron chi connectivity index (χ4n) is 3.76. The third-order valence-corrected chi connectivity index (χ3v) is 5.07. The van der Waals surface area contributed by atoms with Gasteiger partial charge in [-0.25, -0.2) is 0 Å². The molecule has 0 spiro atoms. The maximum absolute atomic E-state index is 12.1. The molecule has 1 aromatic heterocycles. The van der Waals surface area contributed by atoms with Crippen molar-refractivity contribution < 1.29 is 9.90 Å². The van der Waals surface area contributed by atoms with E-state index in [2.05, 4.69) is 15.3 Å². The molecule has 1 amide bonds. The van der Waals surface area contributed by atoms with Gasteiger partial charge in [0.1, 0.15) is 0 Å². The molecule has 1 saturated carbocycles. The molecule has 0 unspecified atom stereocenters. The van der Waals surface area contributed by atoms with Crippen LogP contribution in [-0.2, 0) is 18.3 Å². The Hall–Kier alpha value is -1.40. The number of likely N-dealkylation sites (tertiary alicyclic amines) is 1. The average molecular weight is 306 g/mol. The summed E-state index contributed by atoms with van der Waals surface area (Å²) >= 11 is 0. The van der Waals surface area contributed by atoms with Crippen molar-refractivity contribution in [2.75, 3.05) is 13.1 Å². The molecule has 0 radical (unpaired) electrons. The molecule has 3 rings (SSSR count). The lowest BCUT2D eigenvalue weighted by molar-refractivity contribution is -0.122. The van der Waals surface area contributed by atoms with Crippen LogP contribution < -0.4 is 5.32 Å². The lowest BCUT2D eigenvalue weighted by atomic mass is 10.1. The zero-order valence-corrected chi connectivity index (χ0v) is 13.2. The molecule has 0 aromatic carbocycles. The minimum absolute atomic E-state index is 0.0207. The number of aryl methyl sites for hydroxylation is 2. The highest BCUT2D eigenvalue weighted by molar-refractivity contribution is 5.76. The second kappa shape index (κ2) is 6.79. The Morgan fingerprint density at radius 1 is 1.41 bits per heavy atom. The van der Waals surface area contributed by atoms with Gasteiger partial charge in [-0.15, -0.1) is 0 Å². The highest BCUT2D eigenvalue weighted by Crippen LogP contribution is 2.27. The van der Waals surface area contributed by atoms with Gasteiger partial charge in [0.2, 0.25) is 5.91 Å². The highest BCUT2D eigenvalue weighted by atomic mass is 16.3. The molecule has 6 heteroatoms. The predicted molar refractivity (Wildman–Crippen MR) is 83.3 cm³/mol. The van der Waals surface area contributed by atoms with E-state index in [1.54, 1.807) is 10.9 Å². The van der Waals surface area contributed by atoms with Gasteiger partial charge in [0.15, 0.2) is 0 Å². The van der Waals surface area contributed by atoms with Crippen LogP contribution in [0.25, 0.3) is 0 Å². The summed E-state index contributed by atoms with van der Waals surface area (Å²) < 4.78 is 1.79. The van der Waals surface area contributed by atoms with Gasteiger partial charge in [0, 0.05) is 31.4 Å². The van der Waals surface area contributed by atoms with Crippen LogP contribution in [0.3, 0.4) is 0 Å². The smallest absolute Gasteiger partial charge is 0.220 e. The molecule has 2 fully saturated rings. The van der Waals surface area contributed by atoms with Gasteiger partial charge >= 0.3 is 0 Å². The SMILES string of the molecule is Cn1nccc1CCC(=O)N[C@@H]1CC[C@@H](N2CCCC2)[C@@H]1O. The quantitative estimate of drug-likeness (QED) is 0.829. The van der Waals surface area contributed by atoms with E-state index < -0.39 is 6.10 Å². The van der Waals surface area contributed by atoms with Gasteiger partial charge in [-0.3, -0.25) is 14.4 Å². The minimum Gasteiger partial charge on any atom is -0.389 e. The largest absolute Gasteiger partial charge is 0.389 e. The number of rotatable bonds is 5. The number of aromatic nitrogens is 2. The van der Waals surface area contributed by atoms with Crippen LogP contribution in [0.4, 0.5) is 0 Å². The number of carbonyl (C=O) groups is 1. The van der Waals surface area contributed by atoms with Gasteiger partial charge in [0.25, 0.3) is 0 Å². The number of aliphatic hydroxyl groups excluding tert-OH is 1. The van der Waals surface area contributed by atoms with E-state index in [9.17, 15) is 9.90 Å². The monoisotopic (exact) mass is 306 g/mol. The lowest BCUT2D eigenvalue weighted by Crippen LogP contribution is -2.47. The number of amides is 1. The molecular formula is C16H26N4O2. The van der Waals surface area contributed by atoms with Crippen molar-refractivity contribution in [2.24, 2.45) is 7.05 Å². The summed E-state index contributed by atoms with van der Waals surface area (Å²) in [6.45, 7) is 2.17. The first-order chi connectivity index (χ1) is 10.6. The van der Waals surface area contributed by atoms with Crippen LogP contribution in [0.5, 0.6) is 0 Å². The fraction of sp³-hybridized carbons (Fsp3) is 0.750. The molecule has 122 valence electrons. The summed E-state index contributed by atoms with van der Waals surface area (Å²) in [4.78, 5) is 14.5. The van der Waals surface area contributed by atoms with Gasteiger partial charge in [-0.2, -0.15) is 5.10 Å². The topological polar surface area (TPSA) is 70.4 Å². The minimum atomic E-state index is -0.432. The second-order valence-electron chi connectivity index (χ2n) is 6.50. The summed E-state index contributed by atoms with van der Waals surface area (Å²) in [6.07, 6.45) is 6.74. The molecule has 22 heavy (non-hydrogen) atoms. The molecule has 1 saturated heterocycles. The number of nitrogens with one attached hydrogen (secondary N) is 1. The zero-order chi connectivity index (χ0) is 15.5. The van der Waals surface area contributed by atoms with Crippen LogP contribution >= 0.6 is 0 Å². The Morgan fingerprint density at radius 3 is 2.86 bits per heavy atom. The number of carbonyl (C=O) groups excluding carboxylic acids is 1. The second-order valence-corrected chi connectivity index (χ2v) is 6.50. The van der Waals surface area contributed by atoms with Gasteiger partial charge < -0.3 is 10.4 Å². The lowest BCUT2D eigenvalue weighted by Gasteiger charge is -2.28. The summed E-state index contributed by atoms with van der Waals surface area (Å²) in [5.74, 6) is 0.0207. The van der Waals surface area contributed by atoms with Gasteiger partial charge in [0.05, 0.1) is 12.1 Å². The molecule has 3 atom stereocenters. The Bertz CT molecular complexity index is 510. The Kier molecular flexibility index (Phi) is 4.78. The van der Waals surface area contributed by atoms with Crippen LogP contribution in [-0.4, -0.2) is 57.0 Å². The summed E-state index contributed by atoms with van der Waals surface area (Å²) in [5, 5.41) is 17.6. The number of hydrogen-bond acceptors (Lipinski definition) is 4. The zero-order valence-electron chi connectivity index (χ0n) is 13.2. The summed E-state index contributed by atoms with van der Waals surface area (Å²) in [5.41, 5.74) is 1.05. The molecule has 2 aliphatic rings. The third-order valence-electron chi connectivity index (χ3n) is 5.07. The third kappa shape index (κ3) is 3.33. The van der Waals surface area contributed by atoms with Crippen molar-refractivity contribution >= 4 is 5.91 Å². The molecule has 0 bridgehead atoms. The maximum Gasteiger partial charge on any atom is 0.220 e. The Balaban J connectivity index is 1.46. The number of hydrogen-bond donors (Lipinski definition) is 2. The standard InChI is InChI=1S/C16H26N4O2/c1-19-12(8-9-17-19)4-7-15(21)18-13-5-6-14(16(13)22)20-10-2-3-11-20/h8-9,13-14,16,22H,2-7,10-11H2,1H3,(H,18,21)/t13-,14-,16-/m1/s1. The van der Waals surface area contributed by atoms with E-state index in [1.807, 2.05) is 13.1 Å². The van der Waals surface area contributed by atoms with Crippen LogP contribution in [0.15, 0.2) is 12.3 Å². The van der Waals surface area contributed by atoms with E-state index in [4.69, 9.17) is 0 Å². The van der Waals surface area contributed by atoms with Crippen molar-refractivity contribution in [3.63, 3.8) is 0 Å². The van der Waals surface area contributed by atoms with Crippen molar-refractivity contribution in [3.05, 3.63) is 18.0 Å². The summed E-state index contributed by atoms with van der Waals surface area (Å²) in [6, 6.07) is 2.07. The first-order valence-corrected chi connectivity index (χ1v) is 8.33. The van der Waals surface area contributed by atoms with Crippen LogP contribution in [0.2, 0.25) is 0 Å². The number of aliphatic hydroxyl groups is 1. The van der Waals surface area contributed by atoms with Crippen LogP contribution in [0.1, 0.15) is 37.8 Å². The van der Waals surface area contributed by atoms with Crippen molar-refractivity contribution in [1.82, 2.24) is 20.0 Å². The predicted octanol–water partition coefficient (Wildman–Crippen LogP) is 0.457. The van der Waals surface area contributed by atoms with E-state index in [0.29, 0.717) is 12.8 Å². The highest BCUT2D eigenvalue weighted by Gasteiger charge is 2.39. The van der Waals surface area contributed by atoms with Crippen molar-refractivity contribution in [3.8, 4) is 0 Å². The molecule has 1 aliphatic carbocycles. The first-order valence-electron chi connectivity index (χ1n) is 8.33. The van der Waals surface area contributed by atoms with E-state index >= 15 is 0 Å². The number of nitrogens with zero attached hydrogens (tertiary/aromatic N) is 3. The molecule has 1 aliphatic heterocycles. The van der Waals surface area contributed by atoms with Gasteiger partial charge in [-0.1, -0.05) is 0 Å². The molecule has 6 nitrogen and oxygen atoms in total. The van der Waals surface area contributed by atoms with Crippen LogP contribution in [0, 0.1) is 0 Å². The molecule has 1 aromatic rings. The Labute approximate surface area is 131 Å². The maximum atomic E-state index is 12.1. The van der Waals surface area contributed by atoms with Crippen molar-refractivity contribution in [1.29, 1.82) is 0 Å². The fourth-order valence-corrected chi connectivity index (χ4v) is 3.76. The first kappa shape index (κ1) is 15.5. The average Bonchev–Trinajstić information content (AvgIpc) is 3.21. The van der Waals surface area contributed by atoms with Crippen molar-refractivity contribution in [2.45, 2.75) is 56.7 Å². The van der Waals surface area contributed by atoms with E-state index in [1.165, 1.54) is 12.8 Å². The molecular weight excluding hydrogens is 280 g/mol. The van der Waals surface area contributed by atoms with Gasteiger partial charge in [-0.05, 0) is 51.3 Å².